The maximum atomic E-state index is 12.4. The van der Waals surface area contributed by atoms with Crippen molar-refractivity contribution in [3.63, 3.8) is 0 Å². The number of fused-ring (bicyclic) bond motifs is 2. The number of halogens is 2. The first-order chi connectivity index (χ1) is 19.4. The van der Waals surface area contributed by atoms with Gasteiger partial charge in [0.05, 0.1) is 29.7 Å². The fraction of sp³-hybridized carbons (Fsp3) is 0.231. The Bertz CT molecular complexity index is 1620. The molecule has 0 saturated heterocycles. The topological polar surface area (TPSA) is 127 Å². The van der Waals surface area contributed by atoms with E-state index in [4.69, 9.17) is 9.47 Å². The van der Waals surface area contributed by atoms with Crippen LogP contribution in [0.2, 0.25) is 0 Å². The van der Waals surface area contributed by atoms with E-state index in [0.29, 0.717) is 11.0 Å². The summed E-state index contributed by atoms with van der Waals surface area (Å²) in [5.41, 5.74) is 3.01. The van der Waals surface area contributed by atoms with Gasteiger partial charge in [0.25, 0.3) is 10.4 Å². The largest absolute Gasteiger partial charge is 0.395 e. The molecule has 0 unspecified atom stereocenters. The van der Waals surface area contributed by atoms with Gasteiger partial charge >= 0.3 is 11.9 Å². The van der Waals surface area contributed by atoms with E-state index >= 15 is 0 Å². The zero-order valence-corrected chi connectivity index (χ0v) is 25.5. The Kier molecular flexibility index (Phi) is 7.91. The molecule has 4 heterocycles. The van der Waals surface area contributed by atoms with Crippen molar-refractivity contribution in [3.8, 4) is 10.4 Å². The monoisotopic (exact) mass is 702 g/mol. The van der Waals surface area contributed by atoms with Crippen LogP contribution in [-0.4, -0.2) is 46.7 Å². The molecule has 2 aromatic carbocycles. The number of anilines is 2. The Labute approximate surface area is 252 Å². The second-order valence-corrected chi connectivity index (χ2v) is 12.4. The maximum Gasteiger partial charge on any atom is 0.338 e. The highest BCUT2D eigenvalue weighted by molar-refractivity contribution is 9.11. The number of hydrogen-bond acceptors (Lipinski definition) is 12. The predicted octanol–water partition coefficient (Wildman–Crippen LogP) is 6.71. The first-order valence-corrected chi connectivity index (χ1v) is 15.6. The van der Waals surface area contributed by atoms with E-state index in [1.54, 1.807) is 0 Å². The van der Waals surface area contributed by atoms with Crippen molar-refractivity contribution in [3.05, 3.63) is 45.4 Å². The van der Waals surface area contributed by atoms with E-state index in [-0.39, 0.29) is 10.4 Å². The van der Waals surface area contributed by atoms with E-state index in [9.17, 15) is 9.59 Å². The van der Waals surface area contributed by atoms with Gasteiger partial charge in [0.2, 0.25) is 0 Å². The molecule has 0 amide bonds. The number of amidine groups is 2. The molecule has 2 aliphatic heterocycles. The SMILES string of the molecule is O=C(/C=C/C(=O)Oc1nc2c(Br)c(NC3=NCCC3)ccc2s1)Oc1nc2c(Br)c(NC3=NCCC3)ccc2s1. The van der Waals surface area contributed by atoms with Gasteiger partial charge in [-0.05, 0) is 69.0 Å². The van der Waals surface area contributed by atoms with Gasteiger partial charge in [0.1, 0.15) is 22.7 Å². The third kappa shape index (κ3) is 5.94. The van der Waals surface area contributed by atoms with E-state index in [2.05, 4.69) is 62.4 Å². The molecule has 0 fully saturated rings. The standard InChI is InChI=1S/C26H20Br2N6O4S2/c27-21-13(31-17-3-1-11-29-17)5-7-15-23(21)33-25(39-15)37-19(35)9-10-20(36)38-26-34-24-16(40-26)8-6-14(22(24)28)32-18-4-2-12-30-18/h5-10H,1-4,11-12H2,(H,29,31)(H,30,32)/b10-9+. The number of aliphatic imine (C=N–C) groups is 2. The van der Waals surface area contributed by atoms with Crippen molar-refractivity contribution in [2.75, 3.05) is 23.7 Å². The fourth-order valence-electron chi connectivity index (χ4n) is 4.13. The number of rotatable bonds is 6. The summed E-state index contributed by atoms with van der Waals surface area (Å²) in [6, 6.07) is 7.65. The number of esters is 2. The molecule has 2 N–H and O–H groups in total. The third-order valence-corrected chi connectivity index (χ3v) is 9.40. The molecule has 0 aliphatic carbocycles. The van der Waals surface area contributed by atoms with E-state index in [0.717, 1.165) is 92.3 Å². The first-order valence-electron chi connectivity index (χ1n) is 12.3. The van der Waals surface area contributed by atoms with Crippen molar-refractivity contribution in [2.24, 2.45) is 9.98 Å². The number of carbonyl (C=O) groups is 2. The molecular formula is C26H20Br2N6O4S2. The van der Waals surface area contributed by atoms with Gasteiger partial charge in [0.15, 0.2) is 0 Å². The molecule has 0 radical (unpaired) electrons. The number of thiazole rings is 2. The van der Waals surface area contributed by atoms with Crippen LogP contribution >= 0.6 is 54.5 Å². The van der Waals surface area contributed by atoms with Crippen LogP contribution in [0.25, 0.3) is 20.4 Å². The van der Waals surface area contributed by atoms with Gasteiger partial charge in [-0.25, -0.2) is 19.6 Å². The van der Waals surface area contributed by atoms with Crippen molar-refractivity contribution in [2.45, 2.75) is 25.7 Å². The molecule has 6 rings (SSSR count). The van der Waals surface area contributed by atoms with Crippen molar-refractivity contribution in [1.82, 2.24) is 9.97 Å². The van der Waals surface area contributed by atoms with Crippen LogP contribution in [0.15, 0.2) is 55.3 Å². The lowest BCUT2D eigenvalue weighted by molar-refractivity contribution is -0.131. The second-order valence-electron chi connectivity index (χ2n) is 8.80. The molecule has 0 saturated carbocycles. The number of ether oxygens (including phenoxy) is 2. The summed E-state index contributed by atoms with van der Waals surface area (Å²) < 4.78 is 13.9. The minimum absolute atomic E-state index is 0.165. The minimum atomic E-state index is -0.747. The normalized spacial score (nSPS) is 15.1. The molecule has 2 aliphatic rings. The van der Waals surface area contributed by atoms with Crippen LogP contribution in [0.3, 0.4) is 0 Å². The summed E-state index contributed by atoms with van der Waals surface area (Å²) in [5.74, 6) is 0.384. The molecular weight excluding hydrogens is 684 g/mol. The average molecular weight is 704 g/mol. The molecule has 204 valence electrons. The smallest absolute Gasteiger partial charge is 0.338 e. The predicted molar refractivity (Wildman–Crippen MR) is 165 cm³/mol. The number of carbonyl (C=O) groups excluding carboxylic acids is 2. The number of aromatic nitrogens is 2. The molecule has 0 atom stereocenters. The van der Waals surface area contributed by atoms with Gasteiger partial charge in [-0.1, -0.05) is 22.7 Å². The van der Waals surface area contributed by atoms with Gasteiger partial charge in [0, 0.05) is 38.1 Å². The zero-order chi connectivity index (χ0) is 27.6. The van der Waals surface area contributed by atoms with E-state index in [1.807, 2.05) is 24.3 Å². The van der Waals surface area contributed by atoms with Crippen LogP contribution in [0.5, 0.6) is 10.4 Å². The Hall–Kier alpha value is -3.20. The maximum absolute atomic E-state index is 12.4. The summed E-state index contributed by atoms with van der Waals surface area (Å²) in [6.07, 6.45) is 5.89. The molecule has 0 spiro atoms. The van der Waals surface area contributed by atoms with Gasteiger partial charge in [-0.2, -0.15) is 0 Å². The summed E-state index contributed by atoms with van der Waals surface area (Å²) in [6.45, 7) is 1.65. The summed E-state index contributed by atoms with van der Waals surface area (Å²) in [4.78, 5) is 42.5. The molecule has 4 aromatic rings. The van der Waals surface area contributed by atoms with Crippen LogP contribution in [0.1, 0.15) is 25.7 Å². The highest BCUT2D eigenvalue weighted by Gasteiger charge is 2.17. The first kappa shape index (κ1) is 27.0. The third-order valence-electron chi connectivity index (χ3n) is 6.00. The van der Waals surface area contributed by atoms with Gasteiger partial charge in [-0.15, -0.1) is 0 Å². The lowest BCUT2D eigenvalue weighted by Gasteiger charge is -2.08. The van der Waals surface area contributed by atoms with E-state index in [1.165, 1.54) is 22.7 Å². The average Bonchev–Trinajstić information content (AvgIpc) is 3.74. The minimum Gasteiger partial charge on any atom is -0.395 e. The number of nitrogens with zero attached hydrogens (tertiary/aromatic N) is 4. The van der Waals surface area contributed by atoms with Crippen LogP contribution in [0.4, 0.5) is 11.4 Å². The molecule has 14 heteroatoms. The summed E-state index contributed by atoms with van der Waals surface area (Å²) in [5, 5.41) is 6.96. The van der Waals surface area contributed by atoms with Crippen molar-refractivity contribution in [1.29, 1.82) is 0 Å². The lowest BCUT2D eigenvalue weighted by atomic mass is 10.2. The summed E-state index contributed by atoms with van der Waals surface area (Å²) in [7, 11) is 0. The van der Waals surface area contributed by atoms with Crippen LogP contribution in [-0.2, 0) is 9.59 Å². The van der Waals surface area contributed by atoms with Crippen LogP contribution < -0.4 is 20.1 Å². The molecule has 2 aromatic heterocycles. The lowest BCUT2D eigenvalue weighted by Crippen LogP contribution is -2.09. The highest BCUT2D eigenvalue weighted by atomic mass is 79.9. The van der Waals surface area contributed by atoms with Gasteiger partial charge in [-0.3, -0.25) is 9.98 Å². The molecule has 0 bridgehead atoms. The number of benzene rings is 2. The Balaban J connectivity index is 1.08. The Morgan fingerprint density at radius 1 is 0.750 bits per heavy atom. The van der Waals surface area contributed by atoms with Crippen molar-refractivity contribution >= 4 is 110 Å². The molecule has 10 nitrogen and oxygen atoms in total. The summed E-state index contributed by atoms with van der Waals surface area (Å²) >= 11 is 9.62. The number of hydrogen-bond donors (Lipinski definition) is 2. The fourth-order valence-corrected chi connectivity index (χ4v) is 7.12. The number of nitrogens with one attached hydrogen (secondary N) is 2. The van der Waals surface area contributed by atoms with Crippen molar-refractivity contribution < 1.29 is 19.1 Å². The van der Waals surface area contributed by atoms with Gasteiger partial charge < -0.3 is 20.1 Å². The highest BCUT2D eigenvalue weighted by Crippen LogP contribution is 2.38. The van der Waals surface area contributed by atoms with Crippen LogP contribution in [0, 0.1) is 0 Å². The second kappa shape index (κ2) is 11.7. The Morgan fingerprint density at radius 2 is 1.20 bits per heavy atom. The Morgan fingerprint density at radius 3 is 1.60 bits per heavy atom. The zero-order valence-electron chi connectivity index (χ0n) is 20.7. The quantitative estimate of drug-likeness (QED) is 0.168. The molecule has 40 heavy (non-hydrogen) atoms. The van der Waals surface area contributed by atoms with E-state index < -0.39 is 11.9 Å².